The highest BCUT2D eigenvalue weighted by Gasteiger charge is 2.18. The highest BCUT2D eigenvalue weighted by molar-refractivity contribution is 7.97. The summed E-state index contributed by atoms with van der Waals surface area (Å²) in [5, 5.41) is 6.83. The van der Waals surface area contributed by atoms with Gasteiger partial charge in [0.05, 0.1) is 0 Å². The maximum atomic E-state index is 13.5. The molecule has 0 bridgehead atoms. The molecule has 0 aliphatic carbocycles. The zero-order valence-corrected chi connectivity index (χ0v) is 17.2. The Bertz CT molecular complexity index is 571. The number of rotatable bonds is 8. The van der Waals surface area contributed by atoms with Gasteiger partial charge in [0, 0.05) is 25.9 Å². The summed E-state index contributed by atoms with van der Waals surface area (Å²) in [4.78, 5) is 6.89. The van der Waals surface area contributed by atoms with Gasteiger partial charge in [0.2, 0.25) is 0 Å². The number of benzene rings is 1. The molecule has 1 aromatic carbocycles. The number of piperidine rings is 1. The number of nitrogens with one attached hydrogen (secondary N) is 2. The van der Waals surface area contributed by atoms with E-state index in [9.17, 15) is 4.39 Å². The lowest BCUT2D eigenvalue weighted by Crippen LogP contribution is -2.42. The molecule has 2 rings (SSSR count). The predicted molar refractivity (Wildman–Crippen MR) is 111 cm³/mol. The molecule has 6 heteroatoms. The van der Waals surface area contributed by atoms with E-state index in [2.05, 4.69) is 27.4 Å². The van der Waals surface area contributed by atoms with Gasteiger partial charge >= 0.3 is 0 Å². The molecule has 4 nitrogen and oxygen atoms in total. The predicted octanol–water partition coefficient (Wildman–Crippen LogP) is 3.48. The Hall–Kier alpha value is -1.27. The van der Waals surface area contributed by atoms with Gasteiger partial charge in [-0.05, 0) is 74.3 Å². The maximum Gasteiger partial charge on any atom is 0.191 e. The number of likely N-dealkylation sites (tertiary alicyclic amines) is 1. The first-order valence-electron chi connectivity index (χ1n) is 9.59. The largest absolute Gasteiger partial charge is 0.356 e. The summed E-state index contributed by atoms with van der Waals surface area (Å²) in [6.45, 7) is 7.50. The summed E-state index contributed by atoms with van der Waals surface area (Å²) < 4.78 is 13.5. The fourth-order valence-corrected chi connectivity index (χ4v) is 4.01. The molecule has 1 saturated heterocycles. The van der Waals surface area contributed by atoms with E-state index in [1.54, 1.807) is 24.9 Å². The Labute approximate surface area is 162 Å². The third-order valence-corrected chi connectivity index (χ3v) is 5.54. The van der Waals surface area contributed by atoms with Gasteiger partial charge in [0.15, 0.2) is 5.96 Å². The van der Waals surface area contributed by atoms with Crippen LogP contribution in [0.5, 0.6) is 0 Å². The summed E-state index contributed by atoms with van der Waals surface area (Å²) in [5.41, 5.74) is 2.17. The van der Waals surface area contributed by atoms with E-state index >= 15 is 0 Å². The number of aliphatic imine (C=N–C) groups is 1. The van der Waals surface area contributed by atoms with Crippen LogP contribution in [0.15, 0.2) is 23.2 Å². The van der Waals surface area contributed by atoms with E-state index < -0.39 is 0 Å². The zero-order valence-electron chi connectivity index (χ0n) is 16.4. The molecule has 26 heavy (non-hydrogen) atoms. The van der Waals surface area contributed by atoms with Crippen LogP contribution in [0.3, 0.4) is 0 Å². The van der Waals surface area contributed by atoms with Gasteiger partial charge in [0.1, 0.15) is 5.82 Å². The van der Waals surface area contributed by atoms with Crippen molar-refractivity contribution >= 4 is 17.7 Å². The number of hydrogen-bond donors (Lipinski definition) is 2. The number of thioether (sulfide) groups is 1. The average Bonchev–Trinajstić information content (AvgIpc) is 2.65. The molecule has 2 N–H and O–H groups in total. The molecular weight excluding hydrogens is 347 g/mol. The Morgan fingerprint density at radius 3 is 2.69 bits per heavy atom. The van der Waals surface area contributed by atoms with Crippen LogP contribution in [0.4, 0.5) is 4.39 Å². The molecule has 0 atom stereocenters. The quantitative estimate of drug-likeness (QED) is 0.535. The Balaban J connectivity index is 1.78. The van der Waals surface area contributed by atoms with E-state index in [-0.39, 0.29) is 5.82 Å². The van der Waals surface area contributed by atoms with Gasteiger partial charge in [-0.25, -0.2) is 4.39 Å². The third kappa shape index (κ3) is 6.80. The lowest BCUT2D eigenvalue weighted by molar-refractivity contribution is 0.185. The van der Waals surface area contributed by atoms with E-state index in [0.717, 1.165) is 29.4 Å². The third-order valence-electron chi connectivity index (χ3n) is 4.94. The lowest BCUT2D eigenvalue weighted by Gasteiger charge is -2.32. The normalized spacial score (nSPS) is 16.7. The molecule has 146 valence electrons. The zero-order chi connectivity index (χ0) is 18.8. The van der Waals surface area contributed by atoms with Crippen molar-refractivity contribution < 1.29 is 4.39 Å². The van der Waals surface area contributed by atoms with Crippen molar-refractivity contribution in [2.75, 3.05) is 39.5 Å². The second-order valence-corrected chi connectivity index (χ2v) is 7.80. The molecule has 1 aliphatic heterocycles. The highest BCUT2D eigenvalue weighted by Crippen LogP contribution is 2.17. The van der Waals surface area contributed by atoms with Gasteiger partial charge in [-0.3, -0.25) is 4.99 Å². The van der Waals surface area contributed by atoms with Crippen molar-refractivity contribution in [2.45, 2.75) is 38.5 Å². The number of guanidine groups is 1. The van der Waals surface area contributed by atoms with Crippen molar-refractivity contribution in [3.05, 3.63) is 35.1 Å². The minimum Gasteiger partial charge on any atom is -0.356 e. The van der Waals surface area contributed by atoms with Crippen molar-refractivity contribution in [1.29, 1.82) is 0 Å². The summed E-state index contributed by atoms with van der Waals surface area (Å²) in [5.74, 6) is 2.17. The van der Waals surface area contributed by atoms with Crippen LogP contribution in [0.25, 0.3) is 0 Å². The van der Waals surface area contributed by atoms with Crippen molar-refractivity contribution in [3.8, 4) is 0 Å². The summed E-state index contributed by atoms with van der Waals surface area (Å²) >= 11 is 1.71. The molecule has 1 aliphatic rings. The van der Waals surface area contributed by atoms with Crippen LogP contribution in [0.2, 0.25) is 0 Å². The van der Waals surface area contributed by atoms with Crippen LogP contribution < -0.4 is 10.6 Å². The first-order chi connectivity index (χ1) is 12.7. The van der Waals surface area contributed by atoms with Gasteiger partial charge in [-0.2, -0.15) is 11.8 Å². The van der Waals surface area contributed by atoms with Gasteiger partial charge in [0.25, 0.3) is 0 Å². The Morgan fingerprint density at radius 2 is 2.04 bits per heavy atom. The molecular formula is C20H33FN4S. The average molecular weight is 381 g/mol. The first-order valence-corrected chi connectivity index (χ1v) is 11.0. The minimum atomic E-state index is -0.172. The van der Waals surface area contributed by atoms with E-state index in [0.29, 0.717) is 12.5 Å². The van der Waals surface area contributed by atoms with Crippen LogP contribution in [-0.2, 0) is 12.3 Å². The van der Waals surface area contributed by atoms with E-state index in [4.69, 9.17) is 0 Å². The van der Waals surface area contributed by atoms with Gasteiger partial charge in [-0.1, -0.05) is 13.0 Å². The van der Waals surface area contributed by atoms with E-state index in [1.807, 2.05) is 12.3 Å². The van der Waals surface area contributed by atoms with Gasteiger partial charge < -0.3 is 15.5 Å². The van der Waals surface area contributed by atoms with Crippen LogP contribution in [0.1, 0.15) is 37.3 Å². The summed E-state index contributed by atoms with van der Waals surface area (Å²) in [6, 6.07) is 5.03. The molecule has 0 spiro atoms. The summed E-state index contributed by atoms with van der Waals surface area (Å²) in [6.07, 6.45) is 5.77. The Morgan fingerprint density at radius 1 is 1.27 bits per heavy atom. The molecule has 0 saturated carbocycles. The van der Waals surface area contributed by atoms with Crippen LogP contribution >= 0.6 is 11.8 Å². The number of hydrogen-bond acceptors (Lipinski definition) is 3. The molecule has 1 fully saturated rings. The SMILES string of the molecule is CCCN1CCC(CNC(=NC)NCc2ccc(F)cc2CSC)CC1. The molecule has 1 heterocycles. The van der Waals surface area contributed by atoms with Crippen molar-refractivity contribution in [1.82, 2.24) is 15.5 Å². The standard InChI is InChI=1S/C20H33FN4S/c1-4-9-25-10-7-16(8-11-25)13-23-20(22-2)24-14-17-5-6-19(21)12-18(17)15-26-3/h5-6,12,16H,4,7-11,13-15H2,1-3H3,(H2,22,23,24). The van der Waals surface area contributed by atoms with Crippen LogP contribution in [-0.4, -0.2) is 50.3 Å². The second-order valence-electron chi connectivity index (χ2n) is 6.94. The lowest BCUT2D eigenvalue weighted by atomic mass is 9.97. The fraction of sp³-hybridized carbons (Fsp3) is 0.650. The van der Waals surface area contributed by atoms with Crippen molar-refractivity contribution in [3.63, 3.8) is 0 Å². The molecule has 0 amide bonds. The van der Waals surface area contributed by atoms with Crippen LogP contribution in [0, 0.1) is 11.7 Å². The monoisotopic (exact) mass is 380 g/mol. The fourth-order valence-electron chi connectivity index (χ4n) is 3.43. The molecule has 0 radical (unpaired) electrons. The Kier molecular flexibility index (Phi) is 9.26. The minimum absolute atomic E-state index is 0.172. The highest BCUT2D eigenvalue weighted by atomic mass is 32.2. The van der Waals surface area contributed by atoms with Gasteiger partial charge in [-0.15, -0.1) is 0 Å². The molecule has 0 aromatic heterocycles. The first kappa shape index (κ1) is 21.0. The smallest absolute Gasteiger partial charge is 0.191 e. The van der Waals surface area contributed by atoms with Crippen molar-refractivity contribution in [2.24, 2.45) is 10.9 Å². The maximum absolute atomic E-state index is 13.5. The number of halogens is 1. The molecule has 1 aromatic rings. The number of nitrogens with zero attached hydrogens (tertiary/aromatic N) is 2. The van der Waals surface area contributed by atoms with E-state index in [1.165, 1.54) is 45.0 Å². The summed E-state index contributed by atoms with van der Waals surface area (Å²) in [7, 11) is 1.80. The topological polar surface area (TPSA) is 39.7 Å². The second kappa shape index (κ2) is 11.4. The molecule has 0 unspecified atom stereocenters.